The molecule has 54 valence electrons. The maximum Gasteiger partial charge on any atom is 0.127 e. The van der Waals surface area contributed by atoms with Gasteiger partial charge in [-0.1, -0.05) is 13.5 Å². The Bertz CT molecular complexity index is 67.3. The molecule has 9 heavy (non-hydrogen) atoms. The van der Waals surface area contributed by atoms with Crippen LogP contribution in [0.2, 0.25) is 0 Å². The number of likely N-dealkylation sites (N-methyl/N-ethyl adjacent to an activating group) is 1. The second-order valence-corrected chi connectivity index (χ2v) is 1.67. The Morgan fingerprint density at radius 2 is 2.33 bits per heavy atom. The van der Waals surface area contributed by atoms with Gasteiger partial charge in [0.05, 0.1) is 0 Å². The van der Waals surface area contributed by atoms with E-state index in [1.54, 1.807) is 6.08 Å². The molecule has 0 rings (SSSR count). The lowest BCUT2D eigenvalue weighted by Gasteiger charge is -2.11. The molecular weight excluding hydrogens is 114 g/mol. The molecule has 0 saturated carbocycles. The van der Waals surface area contributed by atoms with Crippen molar-refractivity contribution in [2.45, 2.75) is 20.1 Å². The fraction of sp³-hybridized carbons (Fsp3) is 0.714. The summed E-state index contributed by atoms with van der Waals surface area (Å²) in [5.41, 5.74) is 0. The molecule has 0 aliphatic carbocycles. The summed E-state index contributed by atoms with van der Waals surface area (Å²) in [4.78, 5) is 0. The van der Waals surface area contributed by atoms with Crippen LogP contribution in [0.4, 0.5) is 0 Å². The lowest BCUT2D eigenvalue weighted by atomic mass is 10.5. The number of ether oxygens (including phenoxy) is 1. The SMILES string of the molecule is C=CC(NCC)OCC. The van der Waals surface area contributed by atoms with Gasteiger partial charge in [0.2, 0.25) is 0 Å². The van der Waals surface area contributed by atoms with E-state index in [-0.39, 0.29) is 6.23 Å². The average Bonchev–Trinajstić information content (AvgIpc) is 1.88. The van der Waals surface area contributed by atoms with Crippen LogP contribution in [0.1, 0.15) is 13.8 Å². The van der Waals surface area contributed by atoms with Gasteiger partial charge in [-0.2, -0.15) is 0 Å². The Labute approximate surface area is 56.9 Å². The smallest absolute Gasteiger partial charge is 0.127 e. The quantitative estimate of drug-likeness (QED) is 0.444. The molecular formula is C7H15NO. The van der Waals surface area contributed by atoms with Crippen LogP contribution in [-0.2, 0) is 4.74 Å². The second kappa shape index (κ2) is 5.79. The van der Waals surface area contributed by atoms with Gasteiger partial charge in [0.1, 0.15) is 6.23 Å². The summed E-state index contributed by atoms with van der Waals surface area (Å²) in [6.07, 6.45) is 1.78. The molecule has 0 aromatic carbocycles. The van der Waals surface area contributed by atoms with Gasteiger partial charge in [0.15, 0.2) is 0 Å². The van der Waals surface area contributed by atoms with Crippen LogP contribution in [-0.4, -0.2) is 19.4 Å². The van der Waals surface area contributed by atoms with Gasteiger partial charge >= 0.3 is 0 Å². The molecule has 0 aliphatic heterocycles. The van der Waals surface area contributed by atoms with Crippen molar-refractivity contribution < 1.29 is 4.74 Å². The fourth-order valence-corrected chi connectivity index (χ4v) is 0.591. The Balaban J connectivity index is 3.29. The lowest BCUT2D eigenvalue weighted by Crippen LogP contribution is -2.29. The molecule has 0 spiro atoms. The number of nitrogens with one attached hydrogen (secondary N) is 1. The van der Waals surface area contributed by atoms with Crippen molar-refractivity contribution in [3.63, 3.8) is 0 Å². The summed E-state index contributed by atoms with van der Waals surface area (Å²) in [5, 5.41) is 3.09. The third-order valence-electron chi connectivity index (χ3n) is 0.966. The molecule has 0 fully saturated rings. The van der Waals surface area contributed by atoms with Crippen LogP contribution in [0.3, 0.4) is 0 Å². The van der Waals surface area contributed by atoms with Crippen LogP contribution in [0.15, 0.2) is 12.7 Å². The van der Waals surface area contributed by atoms with Crippen molar-refractivity contribution in [1.82, 2.24) is 5.32 Å². The molecule has 0 saturated heterocycles. The van der Waals surface area contributed by atoms with E-state index in [4.69, 9.17) is 4.74 Å². The summed E-state index contributed by atoms with van der Waals surface area (Å²) in [6.45, 7) is 9.25. The Morgan fingerprint density at radius 1 is 1.67 bits per heavy atom. The van der Waals surface area contributed by atoms with Gasteiger partial charge in [-0.15, -0.1) is 0 Å². The predicted octanol–water partition coefficient (Wildman–Crippen LogP) is 1.14. The van der Waals surface area contributed by atoms with Crippen molar-refractivity contribution >= 4 is 0 Å². The summed E-state index contributed by atoms with van der Waals surface area (Å²) in [7, 11) is 0. The molecule has 0 heterocycles. The molecule has 0 aromatic rings. The van der Waals surface area contributed by atoms with Gasteiger partial charge in [-0.3, -0.25) is 5.32 Å². The van der Waals surface area contributed by atoms with E-state index >= 15 is 0 Å². The molecule has 2 heteroatoms. The highest BCUT2D eigenvalue weighted by molar-refractivity contribution is 4.76. The normalized spacial score (nSPS) is 13.1. The van der Waals surface area contributed by atoms with E-state index in [9.17, 15) is 0 Å². The second-order valence-electron chi connectivity index (χ2n) is 1.67. The molecule has 0 bridgehead atoms. The molecule has 0 radical (unpaired) electrons. The van der Waals surface area contributed by atoms with E-state index in [0.29, 0.717) is 0 Å². The third-order valence-corrected chi connectivity index (χ3v) is 0.966. The third kappa shape index (κ3) is 4.18. The zero-order chi connectivity index (χ0) is 7.11. The minimum Gasteiger partial charge on any atom is -0.360 e. The maximum atomic E-state index is 5.20. The van der Waals surface area contributed by atoms with Crippen LogP contribution in [0.25, 0.3) is 0 Å². The fourth-order valence-electron chi connectivity index (χ4n) is 0.591. The van der Waals surface area contributed by atoms with Crippen molar-refractivity contribution in [2.24, 2.45) is 0 Å². The first kappa shape index (κ1) is 8.66. The summed E-state index contributed by atoms with van der Waals surface area (Å²) in [5.74, 6) is 0. The lowest BCUT2D eigenvalue weighted by molar-refractivity contribution is 0.0741. The Hall–Kier alpha value is -0.340. The summed E-state index contributed by atoms with van der Waals surface area (Å²) in [6, 6.07) is 0. The minimum atomic E-state index is 0.0278. The van der Waals surface area contributed by atoms with Crippen molar-refractivity contribution in [2.75, 3.05) is 13.2 Å². The molecule has 0 aliphatic rings. The first-order valence-corrected chi connectivity index (χ1v) is 3.32. The van der Waals surface area contributed by atoms with Crippen molar-refractivity contribution in [3.8, 4) is 0 Å². The van der Waals surface area contributed by atoms with E-state index in [1.165, 1.54) is 0 Å². The number of rotatable bonds is 5. The summed E-state index contributed by atoms with van der Waals surface area (Å²) >= 11 is 0. The highest BCUT2D eigenvalue weighted by Crippen LogP contribution is 1.85. The predicted molar refractivity (Wildman–Crippen MR) is 39.3 cm³/mol. The molecule has 1 unspecified atom stereocenters. The van der Waals surface area contributed by atoms with Gasteiger partial charge in [0, 0.05) is 6.61 Å². The van der Waals surface area contributed by atoms with Gasteiger partial charge < -0.3 is 4.74 Å². The van der Waals surface area contributed by atoms with E-state index in [1.807, 2.05) is 13.8 Å². The molecule has 1 N–H and O–H groups in total. The molecule has 1 atom stereocenters. The largest absolute Gasteiger partial charge is 0.360 e. The zero-order valence-corrected chi connectivity index (χ0v) is 6.18. The van der Waals surface area contributed by atoms with Crippen LogP contribution >= 0.6 is 0 Å². The first-order valence-electron chi connectivity index (χ1n) is 3.32. The van der Waals surface area contributed by atoms with Gasteiger partial charge in [-0.05, 0) is 19.5 Å². The molecule has 2 nitrogen and oxygen atoms in total. The van der Waals surface area contributed by atoms with E-state index in [0.717, 1.165) is 13.2 Å². The molecule has 0 amide bonds. The highest BCUT2D eigenvalue weighted by Gasteiger charge is 1.96. The zero-order valence-electron chi connectivity index (χ0n) is 6.18. The molecule has 0 aromatic heterocycles. The standard InChI is InChI=1S/C7H15NO/c1-4-7(8-5-2)9-6-3/h4,7-8H,1,5-6H2,2-3H3. The van der Waals surface area contributed by atoms with Gasteiger partial charge in [0.25, 0.3) is 0 Å². The van der Waals surface area contributed by atoms with Crippen molar-refractivity contribution in [3.05, 3.63) is 12.7 Å². The van der Waals surface area contributed by atoms with Crippen LogP contribution in [0, 0.1) is 0 Å². The highest BCUT2D eigenvalue weighted by atomic mass is 16.5. The first-order chi connectivity index (χ1) is 4.35. The number of hydrogen-bond donors (Lipinski definition) is 1. The Kier molecular flexibility index (Phi) is 5.57. The van der Waals surface area contributed by atoms with E-state index in [2.05, 4.69) is 11.9 Å². The monoisotopic (exact) mass is 129 g/mol. The minimum absolute atomic E-state index is 0.0278. The van der Waals surface area contributed by atoms with E-state index < -0.39 is 0 Å². The van der Waals surface area contributed by atoms with Crippen LogP contribution in [0.5, 0.6) is 0 Å². The average molecular weight is 129 g/mol. The Morgan fingerprint density at radius 3 is 2.67 bits per heavy atom. The summed E-state index contributed by atoms with van der Waals surface area (Å²) < 4.78 is 5.20. The van der Waals surface area contributed by atoms with Crippen molar-refractivity contribution in [1.29, 1.82) is 0 Å². The van der Waals surface area contributed by atoms with Gasteiger partial charge in [-0.25, -0.2) is 0 Å². The van der Waals surface area contributed by atoms with Crippen LogP contribution < -0.4 is 5.32 Å². The topological polar surface area (TPSA) is 21.3 Å². The maximum absolute atomic E-state index is 5.20. The number of hydrogen-bond acceptors (Lipinski definition) is 2.